The maximum Gasteiger partial charge on any atom is 0.129 e. The van der Waals surface area contributed by atoms with Gasteiger partial charge < -0.3 is 19.6 Å². The van der Waals surface area contributed by atoms with E-state index < -0.39 is 0 Å². The second kappa shape index (κ2) is 6.59. The molecule has 0 fully saturated rings. The minimum absolute atomic E-state index is 0.504. The molecule has 4 heteroatoms. The van der Waals surface area contributed by atoms with Crippen LogP contribution in [-0.2, 0) is 22.6 Å². The van der Waals surface area contributed by atoms with Gasteiger partial charge in [0.05, 0.1) is 6.26 Å². The molecule has 0 unspecified atom stereocenters. The molecule has 0 atom stereocenters. The summed E-state index contributed by atoms with van der Waals surface area (Å²) in [6.45, 7) is 2.43. The van der Waals surface area contributed by atoms with Gasteiger partial charge >= 0.3 is 0 Å². The van der Waals surface area contributed by atoms with E-state index in [4.69, 9.17) is 19.6 Å². The summed E-state index contributed by atoms with van der Waals surface area (Å²) < 4.78 is 15.5. The van der Waals surface area contributed by atoms with Gasteiger partial charge in [0, 0.05) is 32.4 Å². The number of methoxy groups -OCH3 is 1. The van der Waals surface area contributed by atoms with Gasteiger partial charge in [0.1, 0.15) is 12.4 Å². The normalized spacial score (nSPS) is 10.7. The van der Waals surface area contributed by atoms with Crippen molar-refractivity contribution in [1.82, 2.24) is 0 Å². The Balaban J connectivity index is 2.12. The zero-order valence-corrected chi connectivity index (χ0v) is 8.49. The molecular weight excluding hydrogens is 182 g/mol. The molecular formula is C10H17NO3. The Kier molecular flexibility index (Phi) is 5.29. The molecule has 0 radical (unpaired) electrons. The fourth-order valence-electron chi connectivity index (χ4n) is 1.09. The molecule has 1 heterocycles. The van der Waals surface area contributed by atoms with Crippen LogP contribution in [0.15, 0.2) is 16.7 Å². The first-order valence-electron chi connectivity index (χ1n) is 4.70. The first kappa shape index (κ1) is 11.2. The first-order chi connectivity index (χ1) is 6.86. The fourth-order valence-corrected chi connectivity index (χ4v) is 1.09. The Bertz CT molecular complexity index is 247. The van der Waals surface area contributed by atoms with Crippen LogP contribution in [0, 0.1) is 0 Å². The van der Waals surface area contributed by atoms with Crippen LogP contribution in [0.5, 0.6) is 0 Å². The van der Waals surface area contributed by atoms with Crippen LogP contribution in [0.2, 0.25) is 0 Å². The maximum atomic E-state index is 5.44. The maximum absolute atomic E-state index is 5.44. The molecule has 0 bridgehead atoms. The van der Waals surface area contributed by atoms with Crippen LogP contribution in [-0.4, -0.2) is 20.3 Å². The number of ether oxygens (including phenoxy) is 2. The van der Waals surface area contributed by atoms with E-state index in [-0.39, 0.29) is 0 Å². The van der Waals surface area contributed by atoms with Gasteiger partial charge in [-0.2, -0.15) is 0 Å². The van der Waals surface area contributed by atoms with Gasteiger partial charge in [-0.05, 0) is 12.5 Å². The van der Waals surface area contributed by atoms with E-state index in [9.17, 15) is 0 Å². The molecule has 0 spiro atoms. The Morgan fingerprint density at radius 1 is 1.43 bits per heavy atom. The van der Waals surface area contributed by atoms with Gasteiger partial charge in [-0.1, -0.05) is 0 Å². The Morgan fingerprint density at radius 2 is 2.29 bits per heavy atom. The van der Waals surface area contributed by atoms with E-state index in [2.05, 4.69) is 0 Å². The van der Waals surface area contributed by atoms with Crippen LogP contribution in [0.1, 0.15) is 17.7 Å². The van der Waals surface area contributed by atoms with Crippen molar-refractivity contribution < 1.29 is 13.9 Å². The largest absolute Gasteiger partial charge is 0.467 e. The Labute approximate surface area is 84.0 Å². The van der Waals surface area contributed by atoms with Crippen LogP contribution >= 0.6 is 0 Å². The Morgan fingerprint density at radius 3 is 2.93 bits per heavy atom. The van der Waals surface area contributed by atoms with Crippen molar-refractivity contribution in [3.63, 3.8) is 0 Å². The highest BCUT2D eigenvalue weighted by Crippen LogP contribution is 2.08. The molecule has 0 saturated carbocycles. The predicted molar refractivity (Wildman–Crippen MR) is 52.7 cm³/mol. The van der Waals surface area contributed by atoms with Crippen LogP contribution in [0.25, 0.3) is 0 Å². The van der Waals surface area contributed by atoms with Crippen LogP contribution in [0.4, 0.5) is 0 Å². The van der Waals surface area contributed by atoms with E-state index in [1.165, 1.54) is 0 Å². The van der Waals surface area contributed by atoms with Crippen molar-refractivity contribution in [3.05, 3.63) is 23.7 Å². The van der Waals surface area contributed by atoms with Crippen molar-refractivity contribution in [3.8, 4) is 0 Å². The zero-order valence-electron chi connectivity index (χ0n) is 8.49. The molecule has 0 aliphatic rings. The molecule has 4 nitrogen and oxygen atoms in total. The lowest BCUT2D eigenvalue weighted by atomic mass is 10.3. The van der Waals surface area contributed by atoms with Gasteiger partial charge in [0.25, 0.3) is 0 Å². The molecule has 80 valence electrons. The van der Waals surface area contributed by atoms with Crippen molar-refractivity contribution in [1.29, 1.82) is 0 Å². The summed E-state index contributed by atoms with van der Waals surface area (Å²) in [5.41, 5.74) is 6.44. The van der Waals surface area contributed by atoms with Gasteiger partial charge in [0.15, 0.2) is 0 Å². The van der Waals surface area contributed by atoms with E-state index >= 15 is 0 Å². The van der Waals surface area contributed by atoms with Crippen molar-refractivity contribution in [2.45, 2.75) is 19.6 Å². The van der Waals surface area contributed by atoms with E-state index in [0.29, 0.717) is 19.8 Å². The second-order valence-corrected chi connectivity index (χ2v) is 3.02. The van der Waals surface area contributed by atoms with Gasteiger partial charge in [-0.25, -0.2) is 0 Å². The zero-order chi connectivity index (χ0) is 10.2. The summed E-state index contributed by atoms with van der Waals surface area (Å²) in [6, 6.07) is 1.91. The third kappa shape index (κ3) is 3.91. The average Bonchev–Trinajstić information content (AvgIpc) is 2.65. The highest BCUT2D eigenvalue weighted by atomic mass is 16.5. The summed E-state index contributed by atoms with van der Waals surface area (Å²) in [4.78, 5) is 0. The lowest BCUT2D eigenvalue weighted by Crippen LogP contribution is -1.98. The number of hydrogen-bond acceptors (Lipinski definition) is 4. The molecule has 0 aromatic carbocycles. The molecule has 0 aliphatic carbocycles. The highest BCUT2D eigenvalue weighted by molar-refractivity contribution is 5.11. The van der Waals surface area contributed by atoms with Gasteiger partial charge in [-0.15, -0.1) is 0 Å². The molecule has 1 rings (SSSR count). The quantitative estimate of drug-likeness (QED) is 0.672. The van der Waals surface area contributed by atoms with Gasteiger partial charge in [-0.3, -0.25) is 0 Å². The molecule has 0 saturated heterocycles. The summed E-state index contributed by atoms with van der Waals surface area (Å²) in [5.74, 6) is 0.822. The highest BCUT2D eigenvalue weighted by Gasteiger charge is 1.99. The predicted octanol–water partition coefficient (Wildman–Crippen LogP) is 1.29. The third-order valence-corrected chi connectivity index (χ3v) is 1.83. The molecule has 1 aromatic heterocycles. The number of hydrogen-bond donors (Lipinski definition) is 1. The summed E-state index contributed by atoms with van der Waals surface area (Å²) >= 11 is 0. The second-order valence-electron chi connectivity index (χ2n) is 3.02. The molecule has 1 aromatic rings. The Hall–Kier alpha value is -0.840. The molecule has 0 amide bonds. The lowest BCUT2D eigenvalue weighted by Gasteiger charge is -2.00. The van der Waals surface area contributed by atoms with Crippen LogP contribution < -0.4 is 5.73 Å². The third-order valence-electron chi connectivity index (χ3n) is 1.83. The van der Waals surface area contributed by atoms with Crippen LogP contribution in [0.3, 0.4) is 0 Å². The monoisotopic (exact) mass is 199 g/mol. The number of rotatable bonds is 7. The van der Waals surface area contributed by atoms with E-state index in [1.54, 1.807) is 13.4 Å². The van der Waals surface area contributed by atoms with E-state index in [0.717, 1.165) is 24.4 Å². The van der Waals surface area contributed by atoms with Gasteiger partial charge in [0.2, 0.25) is 0 Å². The number of furan rings is 1. The number of nitrogens with two attached hydrogens (primary N) is 1. The minimum atomic E-state index is 0.504. The smallest absolute Gasteiger partial charge is 0.129 e. The first-order valence-corrected chi connectivity index (χ1v) is 4.70. The molecule has 14 heavy (non-hydrogen) atoms. The van der Waals surface area contributed by atoms with Crippen molar-refractivity contribution in [2.24, 2.45) is 5.73 Å². The summed E-state index contributed by atoms with van der Waals surface area (Å²) in [5, 5.41) is 0. The molecule has 0 aliphatic heterocycles. The SMILES string of the molecule is COCCCOCc1cc(CN)co1. The topological polar surface area (TPSA) is 57.6 Å². The minimum Gasteiger partial charge on any atom is -0.467 e. The summed E-state index contributed by atoms with van der Waals surface area (Å²) in [6.07, 6.45) is 2.56. The van der Waals surface area contributed by atoms with Crippen molar-refractivity contribution in [2.75, 3.05) is 20.3 Å². The average molecular weight is 199 g/mol. The fraction of sp³-hybridized carbons (Fsp3) is 0.600. The summed E-state index contributed by atoms with van der Waals surface area (Å²) in [7, 11) is 1.68. The van der Waals surface area contributed by atoms with Crippen molar-refractivity contribution >= 4 is 0 Å². The lowest BCUT2D eigenvalue weighted by molar-refractivity contribution is 0.0827. The molecule has 2 N–H and O–H groups in total. The standard InChI is InChI=1S/C10H17NO3/c1-12-3-2-4-13-8-10-5-9(6-11)7-14-10/h5,7H,2-4,6,8,11H2,1H3. The van der Waals surface area contributed by atoms with E-state index in [1.807, 2.05) is 6.07 Å².